The average Bonchev–Trinajstić information content (AvgIpc) is 2.24. The van der Waals surface area contributed by atoms with E-state index < -0.39 is 0 Å². The minimum atomic E-state index is 0.614. The maximum Gasteiger partial charge on any atom is 0.138 e. The molecular weight excluding hydrogens is 211 g/mol. The van der Waals surface area contributed by atoms with Crippen LogP contribution in [0.2, 0.25) is 0 Å². The molecule has 5 nitrogen and oxygen atoms in total. The number of hydrogen-bond acceptors (Lipinski definition) is 3. The fourth-order valence-electron chi connectivity index (χ4n) is 0.759. The molecule has 1 aliphatic rings. The molecule has 70 valence electrons. The van der Waals surface area contributed by atoms with Gasteiger partial charge in [0.25, 0.3) is 0 Å². The van der Waals surface area contributed by atoms with Crippen molar-refractivity contribution in [2.45, 2.75) is 0 Å². The second-order valence-electron chi connectivity index (χ2n) is 2.17. The van der Waals surface area contributed by atoms with Crippen molar-refractivity contribution < 1.29 is 0 Å². The summed E-state index contributed by atoms with van der Waals surface area (Å²) in [6.45, 7) is 4.56. The molecule has 0 aromatic carbocycles. The number of nitrogens with one attached hydrogen (secondary N) is 4. The van der Waals surface area contributed by atoms with Gasteiger partial charge in [0.05, 0.1) is 0 Å². The second-order valence-corrected chi connectivity index (χ2v) is 5.54. The smallest absolute Gasteiger partial charge is 0.138 e. The van der Waals surface area contributed by atoms with Crippen LogP contribution >= 0.6 is 25.5 Å². The highest BCUT2D eigenvalue weighted by molar-refractivity contribution is 7.43. The predicted molar refractivity (Wildman–Crippen MR) is 57.8 cm³/mol. The zero-order valence-electron chi connectivity index (χ0n) is 6.72. The van der Waals surface area contributed by atoms with Gasteiger partial charge in [-0.1, -0.05) is 0 Å². The predicted octanol–water partition coefficient (Wildman–Crippen LogP) is 0.684. The molecule has 1 saturated heterocycles. The van der Waals surface area contributed by atoms with Crippen LogP contribution in [0.3, 0.4) is 0 Å². The highest BCUT2D eigenvalue weighted by atomic mass is 31.1. The summed E-state index contributed by atoms with van der Waals surface area (Å²) in [6, 6.07) is 0. The Balaban J connectivity index is 0.000000120. The van der Waals surface area contributed by atoms with Crippen LogP contribution in [0.15, 0.2) is 0 Å². The monoisotopic (exact) mass is 225 g/mol. The molecule has 2 heterocycles. The first-order valence-electron chi connectivity index (χ1n) is 3.81. The molecule has 0 bridgehead atoms. The highest BCUT2D eigenvalue weighted by Gasteiger charge is 1.91. The fourth-order valence-corrected chi connectivity index (χ4v) is 3.41. The molecule has 4 N–H and O–H groups in total. The maximum absolute atomic E-state index is 3.96. The van der Waals surface area contributed by atoms with E-state index in [-0.39, 0.29) is 0 Å². The summed E-state index contributed by atoms with van der Waals surface area (Å²) in [4.78, 5) is 0. The van der Waals surface area contributed by atoms with E-state index in [1.165, 1.54) is 0 Å². The van der Waals surface area contributed by atoms with Gasteiger partial charge in [0.1, 0.15) is 8.51 Å². The maximum atomic E-state index is 3.96. The molecule has 8 heteroatoms. The minimum Gasteiger partial charge on any atom is -0.314 e. The van der Waals surface area contributed by atoms with Crippen molar-refractivity contribution in [2.24, 2.45) is 0 Å². The number of H-pyrrole nitrogens is 2. The zero-order valence-corrected chi connectivity index (χ0v) is 9.62. The third-order valence-corrected chi connectivity index (χ3v) is 3.88. The highest BCUT2D eigenvalue weighted by Crippen LogP contribution is 2.01. The van der Waals surface area contributed by atoms with Crippen molar-refractivity contribution in [3.63, 3.8) is 0 Å². The van der Waals surface area contributed by atoms with Gasteiger partial charge in [-0.3, -0.25) is 0 Å². The number of hydrogen-bond donors (Lipinski definition) is 4. The minimum absolute atomic E-state index is 0.614. The summed E-state index contributed by atoms with van der Waals surface area (Å²) < 4.78 is 10.0. The van der Waals surface area contributed by atoms with Gasteiger partial charge in [-0.25, -0.2) is 0 Å². The first-order valence-corrected chi connectivity index (χ1v) is 6.61. The van der Waals surface area contributed by atoms with Crippen molar-refractivity contribution in [1.82, 2.24) is 24.2 Å². The van der Waals surface area contributed by atoms with E-state index in [1.807, 2.05) is 0 Å². The number of aromatic nitrogens is 3. The lowest BCUT2D eigenvalue weighted by molar-refractivity contribution is 0.534. The number of aromatic amines is 2. The van der Waals surface area contributed by atoms with Gasteiger partial charge in [-0.15, -0.1) is 0 Å². The van der Waals surface area contributed by atoms with Crippen molar-refractivity contribution >= 4 is 25.5 Å². The van der Waals surface area contributed by atoms with E-state index in [2.05, 4.69) is 24.2 Å². The summed E-state index contributed by atoms with van der Waals surface area (Å²) in [5.74, 6) is 0. The molecule has 2 unspecified atom stereocenters. The van der Waals surface area contributed by atoms with Crippen LogP contribution in [0.4, 0.5) is 0 Å². The van der Waals surface area contributed by atoms with E-state index in [9.17, 15) is 0 Å². The second kappa shape index (κ2) is 7.85. The number of rotatable bonds is 0. The Kier molecular flexibility index (Phi) is 6.74. The quantitative estimate of drug-likeness (QED) is 0.525. The normalized spacial score (nSPS) is 18.0. The Morgan fingerprint density at radius 3 is 1.92 bits per heavy atom. The summed E-state index contributed by atoms with van der Waals surface area (Å²) in [5.41, 5.74) is 0. The molecule has 0 amide bonds. The van der Waals surface area contributed by atoms with E-state index in [4.69, 9.17) is 0 Å². The Bertz CT molecular complexity index is 143. The molecule has 1 aliphatic heterocycles. The van der Waals surface area contributed by atoms with Gasteiger partial charge < -0.3 is 19.7 Å². The van der Waals surface area contributed by atoms with E-state index in [0.29, 0.717) is 17.0 Å². The van der Waals surface area contributed by atoms with Crippen LogP contribution in [0.25, 0.3) is 0 Å². The first-order chi connectivity index (χ1) is 6.00. The van der Waals surface area contributed by atoms with Crippen LogP contribution in [0.1, 0.15) is 0 Å². The standard InChI is InChI=1S/C4H10N2.H4N3P3/c1-2-6-4-3-5-1;1-4-2-6-3-5-1/h5-6H,1-4H2;1,4-5H,(H,2,3). The van der Waals surface area contributed by atoms with Crippen molar-refractivity contribution in [1.29, 1.82) is 0 Å². The lowest BCUT2D eigenvalue weighted by Gasteiger charge is -2.11. The summed E-state index contributed by atoms with van der Waals surface area (Å²) in [6.07, 6.45) is 0. The van der Waals surface area contributed by atoms with Crippen LogP contribution in [0.5, 0.6) is 0 Å². The molecule has 1 aromatic heterocycles. The summed E-state index contributed by atoms with van der Waals surface area (Å²) in [7, 11) is 2.36. The van der Waals surface area contributed by atoms with Gasteiger partial charge in [0.15, 0.2) is 0 Å². The molecule has 0 saturated carbocycles. The third-order valence-electron chi connectivity index (χ3n) is 1.28. The molecule has 2 atom stereocenters. The Morgan fingerprint density at radius 2 is 1.75 bits per heavy atom. The lowest BCUT2D eigenvalue weighted by Crippen LogP contribution is -2.39. The van der Waals surface area contributed by atoms with Crippen LogP contribution < -0.4 is 10.6 Å². The van der Waals surface area contributed by atoms with Gasteiger partial charge in [0.2, 0.25) is 0 Å². The van der Waals surface area contributed by atoms with Crippen molar-refractivity contribution in [3.8, 4) is 0 Å². The lowest BCUT2D eigenvalue weighted by atomic mass is 10.4. The number of piperazine rings is 1. The van der Waals surface area contributed by atoms with Crippen LogP contribution in [-0.2, 0) is 0 Å². The fraction of sp³-hybridized carbons (Fsp3) is 1.00. The Hall–Kier alpha value is 0.220. The third kappa shape index (κ3) is 5.82. The topological polar surface area (TPSA) is 68.5 Å². The first kappa shape index (κ1) is 10.3. The zero-order chi connectivity index (χ0) is 8.49. The molecule has 0 spiro atoms. The van der Waals surface area contributed by atoms with Crippen LogP contribution in [0, 0.1) is 0 Å². The van der Waals surface area contributed by atoms with Crippen molar-refractivity contribution in [3.05, 3.63) is 0 Å². The molecular formula is C4H14N5P3. The van der Waals surface area contributed by atoms with Gasteiger partial charge in [-0.2, -0.15) is 4.51 Å². The largest absolute Gasteiger partial charge is 0.314 e. The van der Waals surface area contributed by atoms with E-state index in [1.54, 1.807) is 0 Å². The van der Waals surface area contributed by atoms with Gasteiger partial charge >= 0.3 is 0 Å². The SMILES string of the molecule is C1CNCCN1.n1p[nH][pH][nH][pH]1. The molecule has 1 fully saturated rings. The molecule has 2 rings (SSSR count). The Morgan fingerprint density at radius 1 is 1.08 bits per heavy atom. The average molecular weight is 225 g/mol. The van der Waals surface area contributed by atoms with Gasteiger partial charge in [0, 0.05) is 43.2 Å². The van der Waals surface area contributed by atoms with Crippen molar-refractivity contribution in [2.75, 3.05) is 26.2 Å². The molecule has 0 radical (unpaired) electrons. The van der Waals surface area contributed by atoms with E-state index >= 15 is 0 Å². The Labute approximate surface area is 76.5 Å². The summed E-state index contributed by atoms with van der Waals surface area (Å²) >= 11 is 0. The number of nitrogens with zero attached hydrogens (tertiary/aromatic N) is 1. The molecule has 1 aromatic rings. The molecule has 12 heavy (non-hydrogen) atoms. The van der Waals surface area contributed by atoms with E-state index in [0.717, 1.165) is 34.7 Å². The summed E-state index contributed by atoms with van der Waals surface area (Å²) in [5, 5.41) is 6.44. The van der Waals surface area contributed by atoms with Crippen LogP contribution in [-0.4, -0.2) is 39.7 Å². The molecule has 0 aliphatic carbocycles. The van der Waals surface area contributed by atoms with Gasteiger partial charge in [-0.05, 0) is 0 Å².